The molecule has 1 unspecified atom stereocenters. The predicted molar refractivity (Wildman–Crippen MR) is 96.4 cm³/mol. The van der Waals surface area contributed by atoms with Gasteiger partial charge in [-0.05, 0) is 25.1 Å². The quantitative estimate of drug-likeness (QED) is 0.536. The molecule has 0 bridgehead atoms. The van der Waals surface area contributed by atoms with Crippen LogP contribution in [0, 0.1) is 0 Å². The molecule has 4 nitrogen and oxygen atoms in total. The van der Waals surface area contributed by atoms with Gasteiger partial charge in [-0.2, -0.15) is 4.08 Å². The molecule has 0 heterocycles. The number of hydrogen-bond acceptors (Lipinski definition) is 4. The van der Waals surface area contributed by atoms with E-state index in [1.807, 2.05) is 20.8 Å². The Hall–Kier alpha value is 0.870. The smallest absolute Gasteiger partial charge is 0.219 e. The summed E-state index contributed by atoms with van der Waals surface area (Å²) in [4.78, 5) is 0. The van der Waals surface area contributed by atoms with Gasteiger partial charge in [-0.1, -0.05) is 63.7 Å². The van der Waals surface area contributed by atoms with Gasteiger partial charge in [-0.25, -0.2) is 8.42 Å². The third-order valence-electron chi connectivity index (χ3n) is 2.74. The monoisotopic (exact) mass is 360 g/mol. The van der Waals surface area contributed by atoms with Crippen LogP contribution in [0.3, 0.4) is 0 Å². The summed E-state index contributed by atoms with van der Waals surface area (Å²) in [6, 6.07) is 0. The molecule has 0 fully saturated rings. The van der Waals surface area contributed by atoms with E-state index in [0.717, 1.165) is 25.0 Å². The van der Waals surface area contributed by atoms with Gasteiger partial charge >= 0.3 is 0 Å². The van der Waals surface area contributed by atoms with Crippen molar-refractivity contribution in [2.24, 2.45) is 0 Å². The Morgan fingerprint density at radius 2 is 1.75 bits per heavy atom. The topological polar surface area (TPSA) is 49.4 Å². The molecule has 0 rings (SSSR count). The molecule has 0 aliphatic rings. The first kappa shape index (κ1) is 20.9. The fourth-order valence-electron chi connectivity index (χ4n) is 1.72. The summed E-state index contributed by atoms with van der Waals surface area (Å²) in [6.45, 7) is 9.33. The fraction of sp³-hybridized carbons (Fsp3) is 1.00. The van der Waals surface area contributed by atoms with Crippen molar-refractivity contribution in [3.63, 3.8) is 0 Å². The van der Waals surface area contributed by atoms with E-state index in [0.29, 0.717) is 19.5 Å². The maximum Gasteiger partial charge on any atom is 0.219 e. The number of nitrogens with zero attached hydrogens (tertiary/aromatic N) is 1. The zero-order valence-electron chi connectivity index (χ0n) is 13.1. The molecule has 0 saturated carbocycles. The molecular weight excluding hydrogens is 331 g/mol. The minimum Gasteiger partial charge on any atom is -0.269 e. The van der Waals surface area contributed by atoms with E-state index in [9.17, 15) is 8.42 Å². The highest BCUT2D eigenvalue weighted by atomic mass is 32.9. The SMILES string of the molecule is CCCCN(P(=S)(NCC)SCC)S(=O)(=O)CCCC. The van der Waals surface area contributed by atoms with Crippen LogP contribution >= 0.6 is 16.9 Å². The van der Waals surface area contributed by atoms with Crippen LogP contribution in [0.15, 0.2) is 0 Å². The molecule has 0 aromatic heterocycles. The summed E-state index contributed by atoms with van der Waals surface area (Å²) in [5, 5.41) is 3.29. The van der Waals surface area contributed by atoms with Crippen LogP contribution in [0.4, 0.5) is 0 Å². The third kappa shape index (κ3) is 6.75. The molecule has 0 saturated heterocycles. The van der Waals surface area contributed by atoms with E-state index in [1.54, 1.807) is 15.5 Å². The second-order valence-corrected chi connectivity index (χ2v) is 14.1. The summed E-state index contributed by atoms with van der Waals surface area (Å²) < 4.78 is 26.9. The van der Waals surface area contributed by atoms with Crippen molar-refractivity contribution in [1.29, 1.82) is 0 Å². The van der Waals surface area contributed by atoms with Crippen molar-refractivity contribution < 1.29 is 8.42 Å². The standard InChI is InChI=1S/C12H29N2O2PS3/c1-5-9-11-14(20(15,16)12-10-6-2)17(18,13-7-3)19-8-4/h5-12H2,1-4H3,(H,13,18). The summed E-state index contributed by atoms with van der Waals surface area (Å²) in [5.41, 5.74) is -2.28. The minimum absolute atomic E-state index is 0.210. The van der Waals surface area contributed by atoms with Crippen molar-refractivity contribution in [3.05, 3.63) is 0 Å². The van der Waals surface area contributed by atoms with Gasteiger partial charge in [0.15, 0.2) is 0 Å². The van der Waals surface area contributed by atoms with Crippen LogP contribution in [0.2, 0.25) is 0 Å². The highest BCUT2D eigenvalue weighted by Gasteiger charge is 2.34. The summed E-state index contributed by atoms with van der Waals surface area (Å²) in [7, 11) is -3.26. The lowest BCUT2D eigenvalue weighted by Crippen LogP contribution is -2.34. The first-order valence-electron chi connectivity index (χ1n) is 7.38. The molecule has 0 radical (unpaired) electrons. The first-order chi connectivity index (χ1) is 9.37. The van der Waals surface area contributed by atoms with Crippen molar-refractivity contribution in [2.75, 3.05) is 24.6 Å². The minimum atomic E-state index is -3.26. The van der Waals surface area contributed by atoms with Crippen molar-refractivity contribution >= 4 is 38.8 Å². The van der Waals surface area contributed by atoms with Gasteiger partial charge < -0.3 is 0 Å². The van der Waals surface area contributed by atoms with Crippen LogP contribution in [-0.2, 0) is 21.8 Å². The van der Waals surface area contributed by atoms with Gasteiger partial charge in [0.05, 0.1) is 5.75 Å². The second-order valence-electron chi connectivity index (χ2n) is 4.52. The lowest BCUT2D eigenvalue weighted by molar-refractivity contribution is 0.523. The van der Waals surface area contributed by atoms with E-state index in [2.05, 4.69) is 12.0 Å². The Balaban J connectivity index is 5.33. The Bertz CT molecular complexity index is 392. The number of unbranched alkanes of at least 4 members (excludes halogenated alkanes) is 2. The van der Waals surface area contributed by atoms with Crippen molar-refractivity contribution in [2.45, 2.75) is 53.4 Å². The highest BCUT2D eigenvalue weighted by Crippen LogP contribution is 2.59. The van der Waals surface area contributed by atoms with Gasteiger partial charge in [0.25, 0.3) is 0 Å². The summed E-state index contributed by atoms with van der Waals surface area (Å²) >= 11 is 7.33. The van der Waals surface area contributed by atoms with E-state index in [4.69, 9.17) is 11.8 Å². The predicted octanol–water partition coefficient (Wildman–Crippen LogP) is 3.81. The van der Waals surface area contributed by atoms with Gasteiger partial charge in [0.2, 0.25) is 10.0 Å². The molecule has 20 heavy (non-hydrogen) atoms. The maximum absolute atomic E-state index is 12.6. The Morgan fingerprint density at radius 1 is 1.15 bits per heavy atom. The normalized spacial score (nSPS) is 15.4. The van der Waals surface area contributed by atoms with Crippen LogP contribution in [0.5, 0.6) is 0 Å². The molecule has 0 aromatic rings. The lowest BCUT2D eigenvalue weighted by Gasteiger charge is -2.33. The van der Waals surface area contributed by atoms with E-state index < -0.39 is 15.6 Å². The number of hydrogen-bond donors (Lipinski definition) is 1. The van der Waals surface area contributed by atoms with E-state index in [-0.39, 0.29) is 5.75 Å². The molecular formula is C12H29N2O2PS3. The molecule has 122 valence electrons. The van der Waals surface area contributed by atoms with Crippen LogP contribution in [0.1, 0.15) is 53.4 Å². The number of rotatable bonds is 12. The largest absolute Gasteiger partial charge is 0.269 e. The van der Waals surface area contributed by atoms with Gasteiger partial charge in [0.1, 0.15) is 5.54 Å². The molecule has 1 atom stereocenters. The average Bonchev–Trinajstić information content (AvgIpc) is 2.37. The Kier molecular flexibility index (Phi) is 11.0. The molecule has 8 heteroatoms. The Labute approximate surface area is 134 Å². The van der Waals surface area contributed by atoms with Crippen LogP contribution in [0.25, 0.3) is 0 Å². The van der Waals surface area contributed by atoms with Crippen molar-refractivity contribution in [1.82, 2.24) is 9.16 Å². The van der Waals surface area contributed by atoms with E-state index >= 15 is 0 Å². The maximum atomic E-state index is 12.6. The second kappa shape index (κ2) is 10.6. The number of nitrogens with one attached hydrogen (secondary N) is 1. The third-order valence-corrected chi connectivity index (χ3v) is 13.3. The highest BCUT2D eigenvalue weighted by molar-refractivity contribution is 8.70. The zero-order valence-corrected chi connectivity index (χ0v) is 16.4. The molecule has 0 spiro atoms. The van der Waals surface area contributed by atoms with Gasteiger partial charge in [0, 0.05) is 6.54 Å². The molecule has 0 aliphatic heterocycles. The average molecular weight is 361 g/mol. The molecule has 0 aromatic carbocycles. The first-order valence-corrected chi connectivity index (χ1v) is 13.3. The van der Waals surface area contributed by atoms with Crippen LogP contribution < -0.4 is 5.09 Å². The van der Waals surface area contributed by atoms with Gasteiger partial charge in [-0.3, -0.25) is 5.09 Å². The number of sulfonamides is 1. The molecule has 1 N–H and O–H groups in total. The van der Waals surface area contributed by atoms with Crippen LogP contribution in [-0.4, -0.2) is 37.1 Å². The lowest BCUT2D eigenvalue weighted by atomic mass is 10.3. The molecule has 0 aliphatic carbocycles. The van der Waals surface area contributed by atoms with Crippen molar-refractivity contribution in [3.8, 4) is 0 Å². The summed E-state index contributed by atoms with van der Waals surface area (Å²) in [6.07, 6.45) is 3.41. The van der Waals surface area contributed by atoms with E-state index in [1.165, 1.54) is 0 Å². The fourth-order valence-corrected chi connectivity index (χ4v) is 12.4. The molecule has 0 amide bonds. The summed E-state index contributed by atoms with van der Waals surface area (Å²) in [5.74, 6) is 1.04. The zero-order chi connectivity index (χ0) is 15.6. The Morgan fingerprint density at radius 3 is 2.20 bits per heavy atom. The van der Waals surface area contributed by atoms with Gasteiger partial charge in [-0.15, -0.1) is 0 Å².